The molecule has 0 amide bonds. The summed E-state index contributed by atoms with van der Waals surface area (Å²) in [5.74, 6) is 2.18. The molecule has 25 heavy (non-hydrogen) atoms. The lowest BCUT2D eigenvalue weighted by Crippen LogP contribution is -2.47. The maximum atomic E-state index is 12.3. The zero-order valence-electron chi connectivity index (χ0n) is 14.3. The fourth-order valence-electron chi connectivity index (χ4n) is 3.42. The van der Waals surface area contributed by atoms with Crippen LogP contribution in [0.2, 0.25) is 0 Å². The fourth-order valence-corrected chi connectivity index (χ4v) is 3.42. The third kappa shape index (κ3) is 3.19. The normalized spacial score (nSPS) is 19.2. The maximum Gasteiger partial charge on any atom is 0.293 e. The number of hydrogen-bond acceptors (Lipinski definition) is 6. The second-order valence-corrected chi connectivity index (χ2v) is 6.48. The Hall–Kier alpha value is -2.54. The minimum absolute atomic E-state index is 0.0467. The lowest BCUT2D eigenvalue weighted by molar-refractivity contribution is 0.173. The minimum Gasteiger partial charge on any atom is -0.454 e. The van der Waals surface area contributed by atoms with Crippen LogP contribution in [0.5, 0.6) is 11.5 Å². The number of piperidine rings is 1. The summed E-state index contributed by atoms with van der Waals surface area (Å²) >= 11 is 0. The zero-order valence-corrected chi connectivity index (χ0v) is 14.3. The summed E-state index contributed by atoms with van der Waals surface area (Å²) < 4.78 is 12.6. The van der Waals surface area contributed by atoms with Crippen molar-refractivity contribution in [3.05, 3.63) is 46.5 Å². The number of nitrogens with one attached hydrogen (secondary N) is 1. The summed E-state index contributed by atoms with van der Waals surface area (Å²) in [4.78, 5) is 18.7. The number of aromatic nitrogens is 2. The molecule has 1 aromatic heterocycles. The highest BCUT2D eigenvalue weighted by Gasteiger charge is 2.24. The van der Waals surface area contributed by atoms with Crippen LogP contribution in [0.25, 0.3) is 0 Å². The summed E-state index contributed by atoms with van der Waals surface area (Å²) in [7, 11) is 1.76. The van der Waals surface area contributed by atoms with Gasteiger partial charge in [0.15, 0.2) is 17.3 Å². The lowest BCUT2D eigenvalue weighted by Gasteiger charge is -2.33. The van der Waals surface area contributed by atoms with E-state index in [1.54, 1.807) is 24.0 Å². The standard InChI is InChI=1S/C18H22N4O3/c1-21-9-7-19-17(18(21)23)22-8-3-5-14(11-22)20-10-13-4-2-6-15-16(13)25-12-24-15/h2,4,6-7,9,14,20H,3,5,8,10-12H2,1H3/t14-/m1/s1. The predicted octanol–water partition coefficient (Wildman–Crippen LogP) is 1.27. The van der Waals surface area contributed by atoms with Crippen LogP contribution in [0.3, 0.4) is 0 Å². The van der Waals surface area contributed by atoms with E-state index in [2.05, 4.69) is 21.3 Å². The van der Waals surface area contributed by atoms with Crippen LogP contribution in [-0.2, 0) is 13.6 Å². The second-order valence-electron chi connectivity index (χ2n) is 6.48. The molecule has 2 aliphatic rings. The smallest absolute Gasteiger partial charge is 0.293 e. The molecule has 4 rings (SSSR count). The number of ether oxygens (including phenoxy) is 2. The first-order valence-corrected chi connectivity index (χ1v) is 8.60. The molecule has 132 valence electrons. The van der Waals surface area contributed by atoms with Gasteiger partial charge in [-0.15, -0.1) is 0 Å². The Balaban J connectivity index is 1.43. The lowest BCUT2D eigenvalue weighted by atomic mass is 10.0. The third-order valence-corrected chi connectivity index (χ3v) is 4.78. The van der Waals surface area contributed by atoms with E-state index in [9.17, 15) is 4.79 Å². The topological polar surface area (TPSA) is 68.6 Å². The molecule has 0 bridgehead atoms. The Bertz CT molecular complexity index is 820. The molecule has 1 fully saturated rings. The number of hydrogen-bond donors (Lipinski definition) is 1. The first-order chi connectivity index (χ1) is 12.2. The molecule has 1 N–H and O–H groups in total. The SMILES string of the molecule is Cn1ccnc(N2CCC[C@@H](NCc3cccc4c3OCO4)C2)c1=O. The van der Waals surface area contributed by atoms with Gasteiger partial charge in [-0.05, 0) is 18.9 Å². The number of rotatable bonds is 4. The van der Waals surface area contributed by atoms with Crippen molar-refractivity contribution in [2.24, 2.45) is 7.05 Å². The van der Waals surface area contributed by atoms with Gasteiger partial charge in [0.25, 0.3) is 5.56 Å². The van der Waals surface area contributed by atoms with Crippen LogP contribution in [0.4, 0.5) is 5.82 Å². The highest BCUT2D eigenvalue weighted by atomic mass is 16.7. The molecule has 3 heterocycles. The van der Waals surface area contributed by atoms with Gasteiger partial charge in [-0.1, -0.05) is 12.1 Å². The number of fused-ring (bicyclic) bond motifs is 1. The van der Waals surface area contributed by atoms with Crippen LogP contribution < -0.4 is 25.2 Å². The van der Waals surface area contributed by atoms with Gasteiger partial charge in [0.2, 0.25) is 6.79 Å². The Labute approximate surface area is 146 Å². The van der Waals surface area contributed by atoms with Crippen LogP contribution >= 0.6 is 0 Å². The number of nitrogens with zero attached hydrogens (tertiary/aromatic N) is 3. The van der Waals surface area contributed by atoms with Crippen LogP contribution in [0.15, 0.2) is 35.4 Å². The first-order valence-electron chi connectivity index (χ1n) is 8.60. The zero-order chi connectivity index (χ0) is 17.2. The summed E-state index contributed by atoms with van der Waals surface area (Å²) in [5, 5.41) is 3.59. The Kier molecular flexibility index (Phi) is 4.31. The van der Waals surface area contributed by atoms with Gasteiger partial charge in [-0.2, -0.15) is 0 Å². The molecule has 0 spiro atoms. The molecule has 2 aromatic rings. The van der Waals surface area contributed by atoms with E-state index in [4.69, 9.17) is 9.47 Å². The number of aryl methyl sites for hydroxylation is 1. The summed E-state index contributed by atoms with van der Waals surface area (Å²) in [6.45, 7) is 2.64. The molecular formula is C18H22N4O3. The van der Waals surface area contributed by atoms with Gasteiger partial charge in [0.05, 0.1) is 0 Å². The van der Waals surface area contributed by atoms with Crippen molar-refractivity contribution >= 4 is 5.82 Å². The summed E-state index contributed by atoms with van der Waals surface area (Å²) in [5.41, 5.74) is 1.05. The molecule has 0 aliphatic carbocycles. The van der Waals surface area contributed by atoms with Crippen molar-refractivity contribution < 1.29 is 9.47 Å². The quantitative estimate of drug-likeness (QED) is 0.902. The maximum absolute atomic E-state index is 12.3. The summed E-state index contributed by atoms with van der Waals surface area (Å²) in [6.07, 6.45) is 5.47. The number of anilines is 1. The number of benzene rings is 1. The molecule has 1 atom stereocenters. The third-order valence-electron chi connectivity index (χ3n) is 4.78. The molecular weight excluding hydrogens is 320 g/mol. The van der Waals surface area contributed by atoms with Gasteiger partial charge in [-0.3, -0.25) is 4.79 Å². The first kappa shape index (κ1) is 16.0. The van der Waals surface area contributed by atoms with Crippen molar-refractivity contribution in [1.82, 2.24) is 14.9 Å². The van der Waals surface area contributed by atoms with Crippen molar-refractivity contribution in [2.45, 2.75) is 25.4 Å². The number of para-hydroxylation sites is 1. The Morgan fingerprint density at radius 3 is 3.20 bits per heavy atom. The van der Waals surface area contributed by atoms with E-state index in [1.165, 1.54) is 0 Å². The van der Waals surface area contributed by atoms with Crippen LogP contribution in [0.1, 0.15) is 18.4 Å². The van der Waals surface area contributed by atoms with E-state index in [0.29, 0.717) is 18.4 Å². The fraction of sp³-hybridized carbons (Fsp3) is 0.444. The van der Waals surface area contributed by atoms with Crippen molar-refractivity contribution in [2.75, 3.05) is 24.8 Å². The Morgan fingerprint density at radius 1 is 1.36 bits per heavy atom. The molecule has 7 heteroatoms. The molecule has 2 aliphatic heterocycles. The largest absolute Gasteiger partial charge is 0.454 e. The van der Waals surface area contributed by atoms with Crippen molar-refractivity contribution in [3.8, 4) is 11.5 Å². The minimum atomic E-state index is -0.0467. The van der Waals surface area contributed by atoms with Gasteiger partial charge < -0.3 is 24.3 Å². The van der Waals surface area contributed by atoms with Crippen LogP contribution in [0, 0.1) is 0 Å². The van der Waals surface area contributed by atoms with Gasteiger partial charge in [0.1, 0.15) is 0 Å². The van der Waals surface area contributed by atoms with E-state index in [-0.39, 0.29) is 12.4 Å². The monoisotopic (exact) mass is 342 g/mol. The molecule has 0 radical (unpaired) electrons. The average Bonchev–Trinajstić information content (AvgIpc) is 3.12. The molecule has 1 aromatic carbocycles. The van der Waals surface area contributed by atoms with Crippen LogP contribution in [-0.4, -0.2) is 35.5 Å². The van der Waals surface area contributed by atoms with E-state index in [0.717, 1.165) is 43.0 Å². The molecule has 1 saturated heterocycles. The molecule has 0 unspecified atom stereocenters. The van der Waals surface area contributed by atoms with Crippen molar-refractivity contribution in [3.63, 3.8) is 0 Å². The van der Waals surface area contributed by atoms with Gasteiger partial charge >= 0.3 is 0 Å². The molecule has 7 nitrogen and oxygen atoms in total. The van der Waals surface area contributed by atoms with E-state index in [1.807, 2.05) is 12.1 Å². The second kappa shape index (κ2) is 6.76. The van der Waals surface area contributed by atoms with Gasteiger partial charge in [-0.25, -0.2) is 4.98 Å². The van der Waals surface area contributed by atoms with E-state index < -0.39 is 0 Å². The predicted molar refractivity (Wildman–Crippen MR) is 94.1 cm³/mol. The van der Waals surface area contributed by atoms with E-state index >= 15 is 0 Å². The highest BCUT2D eigenvalue weighted by Crippen LogP contribution is 2.35. The highest BCUT2D eigenvalue weighted by molar-refractivity contribution is 5.48. The van der Waals surface area contributed by atoms with Gasteiger partial charge in [0, 0.05) is 50.7 Å². The van der Waals surface area contributed by atoms with Crippen molar-refractivity contribution in [1.29, 1.82) is 0 Å². The summed E-state index contributed by atoms with van der Waals surface area (Å²) in [6, 6.07) is 6.26. The average molecular weight is 342 g/mol. The Morgan fingerprint density at radius 2 is 2.28 bits per heavy atom. The molecule has 0 saturated carbocycles.